The molecule has 2 rings (SSSR count). The first-order valence-corrected chi connectivity index (χ1v) is 6.25. The fourth-order valence-corrected chi connectivity index (χ4v) is 2.02. The molecule has 0 aliphatic heterocycles. The van der Waals surface area contributed by atoms with Gasteiger partial charge in [-0.25, -0.2) is 0 Å². The summed E-state index contributed by atoms with van der Waals surface area (Å²) in [5.41, 5.74) is 7.31. The lowest BCUT2D eigenvalue weighted by atomic mass is 10.1. The van der Waals surface area contributed by atoms with Crippen molar-refractivity contribution in [3.05, 3.63) is 24.4 Å². The average molecular weight is 298 g/mol. The molecule has 6 heteroatoms. The number of fused-ring (bicyclic) bond motifs is 1. The van der Waals surface area contributed by atoms with Gasteiger partial charge in [0, 0.05) is 24.2 Å². The lowest BCUT2D eigenvalue weighted by Crippen LogP contribution is -2.09. The molecule has 0 radical (unpaired) electrons. The van der Waals surface area contributed by atoms with Gasteiger partial charge in [-0.1, -0.05) is 0 Å². The van der Waals surface area contributed by atoms with Crippen LogP contribution in [0.4, 0.5) is 5.69 Å². The Balaban J connectivity index is 0.00000200. The third-order valence-electron chi connectivity index (χ3n) is 2.93. The molecule has 110 valence electrons. The molecule has 3 N–H and O–H groups in total. The first kappa shape index (κ1) is 16.3. The largest absolute Gasteiger partial charge is 0.493 e. The molecule has 0 saturated heterocycles. The van der Waals surface area contributed by atoms with E-state index in [9.17, 15) is 0 Å². The molecule has 1 heterocycles. The van der Waals surface area contributed by atoms with Crippen LogP contribution in [0.1, 0.15) is 6.42 Å². The van der Waals surface area contributed by atoms with Crippen LogP contribution in [0.25, 0.3) is 10.9 Å². The first-order chi connectivity index (χ1) is 9.31. The van der Waals surface area contributed by atoms with Crippen molar-refractivity contribution in [2.45, 2.75) is 6.42 Å². The zero-order valence-electron chi connectivity index (χ0n) is 11.7. The predicted octanol–water partition coefficient (Wildman–Crippen LogP) is 2.43. The molecule has 0 fully saturated rings. The molecule has 0 aliphatic rings. The summed E-state index contributed by atoms with van der Waals surface area (Å²) in [5.74, 6) is 1.40. The van der Waals surface area contributed by atoms with E-state index in [0.29, 0.717) is 18.0 Å². The van der Waals surface area contributed by atoms with E-state index in [1.54, 1.807) is 20.4 Å². The first-order valence-electron chi connectivity index (χ1n) is 6.25. The van der Waals surface area contributed by atoms with Gasteiger partial charge in [0.25, 0.3) is 0 Å². The van der Waals surface area contributed by atoms with Gasteiger partial charge in [-0.05, 0) is 25.1 Å². The van der Waals surface area contributed by atoms with Crippen molar-refractivity contribution < 1.29 is 9.47 Å². The second-order valence-electron chi connectivity index (χ2n) is 4.13. The third-order valence-corrected chi connectivity index (χ3v) is 2.93. The Morgan fingerprint density at radius 2 is 2.10 bits per heavy atom. The second kappa shape index (κ2) is 7.77. The molecule has 0 saturated carbocycles. The van der Waals surface area contributed by atoms with E-state index in [1.807, 2.05) is 18.2 Å². The van der Waals surface area contributed by atoms with Crippen molar-refractivity contribution in [2.75, 3.05) is 32.6 Å². The molecule has 5 nitrogen and oxygen atoms in total. The number of nitrogens with one attached hydrogen (secondary N) is 1. The van der Waals surface area contributed by atoms with Crippen molar-refractivity contribution in [1.29, 1.82) is 0 Å². The Bertz CT molecular complexity index is 563. The van der Waals surface area contributed by atoms with Crippen LogP contribution in [0.2, 0.25) is 0 Å². The van der Waals surface area contributed by atoms with E-state index in [1.165, 1.54) is 0 Å². The average Bonchev–Trinajstić information content (AvgIpc) is 2.46. The van der Waals surface area contributed by atoms with E-state index in [2.05, 4.69) is 10.3 Å². The number of nitrogens with two attached hydrogens (primary N) is 1. The molecule has 0 unspecified atom stereocenters. The number of halogens is 1. The fraction of sp³-hybridized carbons (Fsp3) is 0.357. The molecule has 0 bridgehead atoms. The molecular formula is C14H20ClN3O2. The quantitative estimate of drug-likeness (QED) is 0.802. The Hall–Kier alpha value is -1.72. The number of nitrogens with zero attached hydrogens (tertiary/aromatic N) is 1. The van der Waals surface area contributed by atoms with Crippen LogP contribution in [0.5, 0.6) is 11.5 Å². The molecule has 0 spiro atoms. The highest BCUT2D eigenvalue weighted by Gasteiger charge is 2.13. The number of benzene rings is 1. The van der Waals surface area contributed by atoms with Gasteiger partial charge < -0.3 is 20.5 Å². The Labute approximate surface area is 124 Å². The van der Waals surface area contributed by atoms with E-state index in [0.717, 1.165) is 29.6 Å². The topological polar surface area (TPSA) is 69.4 Å². The number of pyridine rings is 1. The van der Waals surface area contributed by atoms with Crippen LogP contribution in [0, 0.1) is 0 Å². The maximum absolute atomic E-state index is 5.51. The second-order valence-corrected chi connectivity index (χ2v) is 4.13. The number of hydrogen-bond donors (Lipinski definition) is 2. The smallest absolute Gasteiger partial charge is 0.170 e. The summed E-state index contributed by atoms with van der Waals surface area (Å²) < 4.78 is 10.8. The monoisotopic (exact) mass is 297 g/mol. The Kier molecular flexibility index (Phi) is 6.35. The molecule has 1 aromatic heterocycles. The number of rotatable bonds is 6. The van der Waals surface area contributed by atoms with Crippen molar-refractivity contribution in [2.24, 2.45) is 5.73 Å². The maximum atomic E-state index is 5.51. The minimum atomic E-state index is 0. The van der Waals surface area contributed by atoms with Gasteiger partial charge in [-0.15, -0.1) is 12.4 Å². The number of hydrogen-bond acceptors (Lipinski definition) is 5. The van der Waals surface area contributed by atoms with E-state index < -0.39 is 0 Å². The summed E-state index contributed by atoms with van der Waals surface area (Å²) in [6.45, 7) is 1.46. The summed E-state index contributed by atoms with van der Waals surface area (Å²) in [7, 11) is 3.26. The number of anilines is 1. The molecule has 0 aliphatic carbocycles. The van der Waals surface area contributed by atoms with Gasteiger partial charge >= 0.3 is 0 Å². The minimum absolute atomic E-state index is 0. The van der Waals surface area contributed by atoms with Gasteiger partial charge in [-0.3, -0.25) is 4.98 Å². The third kappa shape index (κ3) is 3.23. The highest BCUT2D eigenvalue weighted by Crippen LogP contribution is 2.38. The van der Waals surface area contributed by atoms with E-state index in [4.69, 9.17) is 15.2 Å². The highest BCUT2D eigenvalue weighted by molar-refractivity contribution is 5.97. The predicted molar refractivity (Wildman–Crippen MR) is 84.3 cm³/mol. The molecule has 2 aromatic rings. The summed E-state index contributed by atoms with van der Waals surface area (Å²) in [6, 6.07) is 5.76. The lowest BCUT2D eigenvalue weighted by Gasteiger charge is -2.15. The molecule has 0 amide bonds. The van der Waals surface area contributed by atoms with Crippen molar-refractivity contribution in [3.63, 3.8) is 0 Å². The Morgan fingerprint density at radius 3 is 2.75 bits per heavy atom. The van der Waals surface area contributed by atoms with Crippen LogP contribution in [0.3, 0.4) is 0 Å². The standard InChI is InChI=1S/C14H19N3O2.ClH/c1-18-12-9-11(16-8-4-6-15)13-10(14(12)19-2)5-3-7-17-13;/h3,5,7,9,16H,4,6,8,15H2,1-2H3;1H. The summed E-state index contributed by atoms with van der Waals surface area (Å²) in [4.78, 5) is 4.41. The lowest BCUT2D eigenvalue weighted by molar-refractivity contribution is 0.358. The normalized spacial score (nSPS) is 9.95. The number of aromatic nitrogens is 1. The molecule has 20 heavy (non-hydrogen) atoms. The van der Waals surface area contributed by atoms with Crippen molar-refractivity contribution in [1.82, 2.24) is 4.98 Å². The summed E-state index contributed by atoms with van der Waals surface area (Å²) in [5, 5.41) is 4.27. The van der Waals surface area contributed by atoms with Crippen molar-refractivity contribution >= 4 is 29.0 Å². The van der Waals surface area contributed by atoms with Gasteiger partial charge in [0.05, 0.1) is 25.4 Å². The van der Waals surface area contributed by atoms with Gasteiger partial charge in [0.1, 0.15) is 0 Å². The molecular weight excluding hydrogens is 278 g/mol. The summed E-state index contributed by atoms with van der Waals surface area (Å²) >= 11 is 0. The van der Waals surface area contributed by atoms with Crippen LogP contribution in [0.15, 0.2) is 24.4 Å². The zero-order chi connectivity index (χ0) is 13.7. The van der Waals surface area contributed by atoms with Gasteiger partial charge in [0.2, 0.25) is 0 Å². The van der Waals surface area contributed by atoms with Crippen LogP contribution in [-0.4, -0.2) is 32.3 Å². The maximum Gasteiger partial charge on any atom is 0.170 e. The number of methoxy groups -OCH3 is 2. The van der Waals surface area contributed by atoms with Gasteiger partial charge in [-0.2, -0.15) is 0 Å². The minimum Gasteiger partial charge on any atom is -0.493 e. The van der Waals surface area contributed by atoms with Crippen LogP contribution in [-0.2, 0) is 0 Å². The number of ether oxygens (including phenoxy) is 2. The molecule has 0 atom stereocenters. The zero-order valence-corrected chi connectivity index (χ0v) is 12.5. The summed E-state index contributed by atoms with van der Waals surface area (Å²) in [6.07, 6.45) is 2.67. The molecule has 1 aromatic carbocycles. The van der Waals surface area contributed by atoms with Crippen molar-refractivity contribution in [3.8, 4) is 11.5 Å². The van der Waals surface area contributed by atoms with E-state index >= 15 is 0 Å². The van der Waals surface area contributed by atoms with Crippen LogP contribution >= 0.6 is 12.4 Å². The highest BCUT2D eigenvalue weighted by atomic mass is 35.5. The Morgan fingerprint density at radius 1 is 1.30 bits per heavy atom. The van der Waals surface area contributed by atoms with E-state index in [-0.39, 0.29) is 12.4 Å². The SMILES string of the molecule is COc1cc(NCCCN)c2ncccc2c1OC.Cl. The fourth-order valence-electron chi connectivity index (χ4n) is 2.02. The van der Waals surface area contributed by atoms with Crippen LogP contribution < -0.4 is 20.5 Å². The van der Waals surface area contributed by atoms with Gasteiger partial charge in [0.15, 0.2) is 11.5 Å².